The van der Waals surface area contributed by atoms with Gasteiger partial charge in [-0.2, -0.15) is 0 Å². The van der Waals surface area contributed by atoms with Crippen LogP contribution in [0, 0.1) is 5.92 Å². The van der Waals surface area contributed by atoms with Crippen LogP contribution in [0.2, 0.25) is 0 Å². The number of amides is 2. The number of aromatic nitrogens is 1. The van der Waals surface area contributed by atoms with Gasteiger partial charge in [-0.15, -0.1) is 0 Å². The number of rotatable bonds is 11. The average molecular weight is 448 g/mol. The minimum atomic E-state index is -0.794. The maximum atomic E-state index is 12.8. The topological polar surface area (TPSA) is 118 Å². The van der Waals surface area contributed by atoms with Crippen LogP contribution in [-0.4, -0.2) is 71.8 Å². The molecule has 2 heterocycles. The maximum Gasteiger partial charge on any atom is 0.303 e. The molecule has 176 valence electrons. The van der Waals surface area contributed by atoms with Gasteiger partial charge in [0.15, 0.2) is 0 Å². The van der Waals surface area contributed by atoms with E-state index in [1.165, 1.54) is 0 Å². The summed E-state index contributed by atoms with van der Waals surface area (Å²) in [4.78, 5) is 41.2. The van der Waals surface area contributed by atoms with Crippen LogP contribution in [0.3, 0.4) is 0 Å². The van der Waals surface area contributed by atoms with E-state index >= 15 is 0 Å². The van der Waals surface area contributed by atoms with E-state index in [1.807, 2.05) is 12.1 Å². The van der Waals surface area contributed by atoms with E-state index in [0.717, 1.165) is 31.2 Å². The van der Waals surface area contributed by atoms with Crippen molar-refractivity contribution >= 4 is 17.8 Å². The summed E-state index contributed by atoms with van der Waals surface area (Å²) in [6, 6.07) is 3.40. The Morgan fingerprint density at radius 2 is 1.88 bits per heavy atom. The molecule has 0 spiro atoms. The van der Waals surface area contributed by atoms with Crippen LogP contribution in [0.5, 0.6) is 0 Å². The lowest BCUT2D eigenvalue weighted by Gasteiger charge is -2.28. The zero-order valence-corrected chi connectivity index (χ0v) is 18.6. The van der Waals surface area contributed by atoms with Gasteiger partial charge < -0.3 is 24.8 Å². The predicted octanol–water partition coefficient (Wildman–Crippen LogP) is 1.93. The standard InChI is InChI=1S/C23H33N3O6/c1-26-20(27)14-19(22(26)16-4-2-10-24-15-16)23(30)25-11-13-32-18-8-6-17(7-9-18)31-12-3-5-21(28)29/h2,4,10,15,17-19,22H,3,5-9,11-14H2,1H3,(H,25,30)(H,28,29)/t17-,18-,19-,22+/m0/s1. The molecule has 1 aromatic heterocycles. The van der Waals surface area contributed by atoms with E-state index in [-0.39, 0.29) is 42.9 Å². The van der Waals surface area contributed by atoms with Gasteiger partial charge >= 0.3 is 5.97 Å². The number of likely N-dealkylation sites (tertiary alicyclic amines) is 1. The minimum Gasteiger partial charge on any atom is -0.481 e. The monoisotopic (exact) mass is 447 g/mol. The maximum absolute atomic E-state index is 12.8. The van der Waals surface area contributed by atoms with Crippen LogP contribution in [0.15, 0.2) is 24.5 Å². The Morgan fingerprint density at radius 1 is 1.19 bits per heavy atom. The Labute approximate surface area is 188 Å². The Morgan fingerprint density at radius 3 is 2.50 bits per heavy atom. The molecule has 1 saturated carbocycles. The minimum absolute atomic E-state index is 0.0443. The normalized spacial score (nSPS) is 25.7. The van der Waals surface area contributed by atoms with Crippen molar-refractivity contribution in [3.8, 4) is 0 Å². The second-order valence-corrected chi connectivity index (χ2v) is 8.48. The summed E-state index contributed by atoms with van der Waals surface area (Å²) in [5, 5.41) is 11.6. The molecule has 0 unspecified atom stereocenters. The Bertz CT molecular complexity index is 766. The lowest BCUT2D eigenvalue weighted by Crippen LogP contribution is -2.37. The molecule has 0 radical (unpaired) electrons. The van der Waals surface area contributed by atoms with Gasteiger partial charge in [0, 0.05) is 45.4 Å². The van der Waals surface area contributed by atoms with Crippen LogP contribution in [0.1, 0.15) is 56.6 Å². The van der Waals surface area contributed by atoms with Gasteiger partial charge in [0.05, 0.1) is 30.8 Å². The van der Waals surface area contributed by atoms with Crippen molar-refractivity contribution in [1.82, 2.24) is 15.2 Å². The third-order valence-corrected chi connectivity index (χ3v) is 6.21. The van der Waals surface area contributed by atoms with Gasteiger partial charge in [0.1, 0.15) is 0 Å². The van der Waals surface area contributed by atoms with Crippen molar-refractivity contribution in [1.29, 1.82) is 0 Å². The number of carbonyl (C=O) groups is 3. The van der Waals surface area contributed by atoms with Crippen molar-refractivity contribution < 1.29 is 29.0 Å². The van der Waals surface area contributed by atoms with E-state index in [0.29, 0.717) is 26.2 Å². The molecule has 32 heavy (non-hydrogen) atoms. The number of carboxylic acids is 1. The zero-order valence-electron chi connectivity index (χ0n) is 18.6. The number of carboxylic acid groups (broad SMARTS) is 1. The summed E-state index contributed by atoms with van der Waals surface area (Å²) < 4.78 is 11.7. The molecule has 1 aromatic rings. The van der Waals surface area contributed by atoms with E-state index in [9.17, 15) is 14.4 Å². The molecule has 9 heteroatoms. The molecule has 2 fully saturated rings. The van der Waals surface area contributed by atoms with Crippen molar-refractivity contribution in [3.05, 3.63) is 30.1 Å². The molecule has 2 amide bonds. The number of nitrogens with one attached hydrogen (secondary N) is 1. The van der Waals surface area contributed by atoms with Crippen LogP contribution < -0.4 is 5.32 Å². The van der Waals surface area contributed by atoms with E-state index < -0.39 is 11.9 Å². The van der Waals surface area contributed by atoms with Gasteiger partial charge in [-0.3, -0.25) is 19.4 Å². The smallest absolute Gasteiger partial charge is 0.303 e. The third kappa shape index (κ3) is 6.74. The first kappa shape index (κ1) is 24.1. The number of nitrogens with zero attached hydrogens (tertiary/aromatic N) is 2. The highest BCUT2D eigenvalue weighted by molar-refractivity contribution is 5.90. The Balaban J connectivity index is 1.34. The number of carbonyl (C=O) groups excluding carboxylic acids is 2. The first-order chi connectivity index (χ1) is 15.5. The summed E-state index contributed by atoms with van der Waals surface area (Å²) in [6.07, 6.45) is 8.14. The lowest BCUT2D eigenvalue weighted by atomic mass is 9.94. The second kappa shape index (κ2) is 11.9. The van der Waals surface area contributed by atoms with Crippen LogP contribution >= 0.6 is 0 Å². The fourth-order valence-electron chi connectivity index (χ4n) is 4.48. The van der Waals surface area contributed by atoms with Crippen molar-refractivity contribution in [2.75, 3.05) is 26.8 Å². The van der Waals surface area contributed by atoms with Crippen LogP contribution in [0.4, 0.5) is 0 Å². The molecule has 1 aliphatic heterocycles. The van der Waals surface area contributed by atoms with E-state index in [1.54, 1.807) is 24.3 Å². The van der Waals surface area contributed by atoms with E-state index in [2.05, 4.69) is 10.3 Å². The third-order valence-electron chi connectivity index (χ3n) is 6.21. The molecule has 9 nitrogen and oxygen atoms in total. The van der Waals surface area contributed by atoms with E-state index in [4.69, 9.17) is 14.6 Å². The van der Waals surface area contributed by atoms with Gasteiger partial charge in [0.2, 0.25) is 11.8 Å². The lowest BCUT2D eigenvalue weighted by molar-refractivity contribution is -0.137. The number of hydrogen-bond donors (Lipinski definition) is 2. The first-order valence-electron chi connectivity index (χ1n) is 11.3. The summed E-state index contributed by atoms with van der Waals surface area (Å²) in [6.45, 7) is 1.31. The molecule has 3 rings (SSSR count). The van der Waals surface area contributed by atoms with Crippen molar-refractivity contribution in [3.63, 3.8) is 0 Å². The van der Waals surface area contributed by atoms with Gasteiger partial charge in [-0.05, 0) is 43.7 Å². The number of hydrogen-bond acceptors (Lipinski definition) is 6. The highest BCUT2D eigenvalue weighted by Crippen LogP contribution is 2.36. The van der Waals surface area contributed by atoms with Gasteiger partial charge in [0.25, 0.3) is 0 Å². The van der Waals surface area contributed by atoms with Crippen molar-refractivity contribution in [2.45, 2.75) is 63.2 Å². The fourth-order valence-corrected chi connectivity index (χ4v) is 4.48. The quantitative estimate of drug-likeness (QED) is 0.498. The Hall–Kier alpha value is -2.52. The predicted molar refractivity (Wildman–Crippen MR) is 116 cm³/mol. The fraction of sp³-hybridized carbons (Fsp3) is 0.652. The van der Waals surface area contributed by atoms with Crippen molar-refractivity contribution in [2.24, 2.45) is 5.92 Å². The number of aliphatic carboxylic acids is 1. The summed E-state index contributed by atoms with van der Waals surface area (Å²) >= 11 is 0. The highest BCUT2D eigenvalue weighted by Gasteiger charge is 2.42. The molecule has 1 aliphatic carbocycles. The first-order valence-corrected chi connectivity index (χ1v) is 11.3. The number of ether oxygens (including phenoxy) is 2. The molecule has 0 aromatic carbocycles. The van der Waals surface area contributed by atoms with Crippen LogP contribution in [0.25, 0.3) is 0 Å². The molecular weight excluding hydrogens is 414 g/mol. The highest BCUT2D eigenvalue weighted by atomic mass is 16.5. The summed E-state index contributed by atoms with van der Waals surface area (Å²) in [5.41, 5.74) is 0.860. The molecule has 2 aliphatic rings. The summed E-state index contributed by atoms with van der Waals surface area (Å²) in [7, 11) is 1.72. The molecular formula is C23H33N3O6. The molecule has 0 bridgehead atoms. The molecule has 1 saturated heterocycles. The molecule has 2 N–H and O–H groups in total. The molecule has 2 atom stereocenters. The van der Waals surface area contributed by atoms with Gasteiger partial charge in [-0.25, -0.2) is 0 Å². The zero-order chi connectivity index (χ0) is 22.9. The SMILES string of the molecule is CN1C(=O)C[C@H](C(=O)NCCO[C@H]2CC[C@H](OCCCC(=O)O)CC2)[C@H]1c1cccnc1. The average Bonchev–Trinajstić information content (AvgIpc) is 3.10. The van der Waals surface area contributed by atoms with Crippen LogP contribution in [-0.2, 0) is 23.9 Å². The Kier molecular flexibility index (Phi) is 8.99. The number of pyridine rings is 1. The largest absolute Gasteiger partial charge is 0.481 e. The van der Waals surface area contributed by atoms with Gasteiger partial charge in [-0.1, -0.05) is 6.07 Å². The summed E-state index contributed by atoms with van der Waals surface area (Å²) in [5.74, 6) is -1.42. The second-order valence-electron chi connectivity index (χ2n) is 8.48.